The van der Waals surface area contributed by atoms with E-state index in [2.05, 4.69) is 0 Å². The zero-order valence-corrected chi connectivity index (χ0v) is 15.1. The minimum absolute atomic E-state index is 0.0499. The predicted octanol–water partition coefficient (Wildman–Crippen LogP) is 1.10. The van der Waals surface area contributed by atoms with Gasteiger partial charge in [0.1, 0.15) is 0 Å². The first-order valence-electron chi connectivity index (χ1n) is 8.24. The van der Waals surface area contributed by atoms with E-state index in [4.69, 9.17) is 0 Å². The maximum Gasteiger partial charge on any atom is 0.253 e. The number of nitrogens with zero attached hydrogens (tertiary/aromatic N) is 2. The standard InChI is InChI=1S/C17H24N2O4S/c1-11-8-18(9-15(11)10-20)17(21)13-4-5-16-14(7-13)6-12(2)19(16)24(3,22)23/h4-5,7,11-12,15,20H,6,8-10H2,1-3H3/t11-,12-,15+/m1/s1. The molecule has 1 fully saturated rings. The molecule has 132 valence electrons. The minimum Gasteiger partial charge on any atom is -0.396 e. The molecule has 0 bridgehead atoms. The number of aliphatic hydroxyl groups is 1. The maximum atomic E-state index is 12.7. The number of aliphatic hydroxyl groups excluding tert-OH is 1. The van der Waals surface area contributed by atoms with Crippen LogP contribution in [0.2, 0.25) is 0 Å². The molecule has 24 heavy (non-hydrogen) atoms. The van der Waals surface area contributed by atoms with Gasteiger partial charge in [-0.1, -0.05) is 6.92 Å². The van der Waals surface area contributed by atoms with Gasteiger partial charge in [0.25, 0.3) is 5.91 Å². The second kappa shape index (κ2) is 6.04. The van der Waals surface area contributed by atoms with Gasteiger partial charge in [-0.3, -0.25) is 9.10 Å². The third-order valence-electron chi connectivity index (χ3n) is 5.13. The molecule has 0 saturated carbocycles. The van der Waals surface area contributed by atoms with E-state index >= 15 is 0 Å². The Kier molecular flexibility index (Phi) is 4.34. The van der Waals surface area contributed by atoms with Gasteiger partial charge in [0.05, 0.1) is 11.9 Å². The molecule has 2 heterocycles. The van der Waals surface area contributed by atoms with Crippen LogP contribution in [-0.2, 0) is 16.4 Å². The van der Waals surface area contributed by atoms with Crippen molar-refractivity contribution in [3.63, 3.8) is 0 Å². The first-order chi connectivity index (χ1) is 11.2. The van der Waals surface area contributed by atoms with Crippen LogP contribution in [0.15, 0.2) is 18.2 Å². The van der Waals surface area contributed by atoms with Crippen LogP contribution in [0.25, 0.3) is 0 Å². The lowest BCUT2D eigenvalue weighted by Gasteiger charge is -2.22. The number of likely N-dealkylation sites (tertiary alicyclic amines) is 1. The van der Waals surface area contributed by atoms with Crippen LogP contribution in [0, 0.1) is 11.8 Å². The number of carbonyl (C=O) groups is 1. The third-order valence-corrected chi connectivity index (χ3v) is 6.40. The second-order valence-electron chi connectivity index (χ2n) is 7.09. The Morgan fingerprint density at radius 2 is 2.00 bits per heavy atom. The Hall–Kier alpha value is -1.60. The average Bonchev–Trinajstić information content (AvgIpc) is 3.03. The van der Waals surface area contributed by atoms with Crippen LogP contribution in [0.3, 0.4) is 0 Å². The minimum atomic E-state index is -3.32. The zero-order chi connectivity index (χ0) is 17.6. The van der Waals surface area contributed by atoms with E-state index in [0.29, 0.717) is 30.8 Å². The predicted molar refractivity (Wildman–Crippen MR) is 92.6 cm³/mol. The summed E-state index contributed by atoms with van der Waals surface area (Å²) in [6.07, 6.45) is 1.82. The lowest BCUT2D eigenvalue weighted by atomic mass is 10.00. The van der Waals surface area contributed by atoms with Crippen LogP contribution in [0.1, 0.15) is 29.8 Å². The zero-order valence-electron chi connectivity index (χ0n) is 14.3. The van der Waals surface area contributed by atoms with Gasteiger partial charge in [-0.15, -0.1) is 0 Å². The van der Waals surface area contributed by atoms with Crippen LogP contribution in [-0.4, -0.2) is 56.3 Å². The fourth-order valence-corrected chi connectivity index (χ4v) is 5.13. The van der Waals surface area contributed by atoms with Crippen molar-refractivity contribution in [2.75, 3.05) is 30.3 Å². The monoisotopic (exact) mass is 352 g/mol. The molecule has 0 unspecified atom stereocenters. The van der Waals surface area contributed by atoms with Gasteiger partial charge in [0, 0.05) is 37.2 Å². The quantitative estimate of drug-likeness (QED) is 0.884. The molecule has 7 heteroatoms. The summed E-state index contributed by atoms with van der Waals surface area (Å²) in [4.78, 5) is 14.5. The van der Waals surface area contributed by atoms with Gasteiger partial charge in [-0.05, 0) is 43.0 Å². The van der Waals surface area contributed by atoms with Crippen molar-refractivity contribution in [1.29, 1.82) is 0 Å². The molecule has 1 aromatic rings. The molecule has 0 spiro atoms. The van der Waals surface area contributed by atoms with Crippen LogP contribution in [0.5, 0.6) is 0 Å². The van der Waals surface area contributed by atoms with Crippen molar-refractivity contribution in [2.45, 2.75) is 26.3 Å². The molecule has 1 amide bonds. The Morgan fingerprint density at radius 1 is 1.29 bits per heavy atom. The Labute approximate surface area is 143 Å². The third kappa shape index (κ3) is 2.91. The topological polar surface area (TPSA) is 77.9 Å². The summed E-state index contributed by atoms with van der Waals surface area (Å²) in [5, 5.41) is 9.37. The smallest absolute Gasteiger partial charge is 0.253 e. The van der Waals surface area contributed by atoms with E-state index in [0.717, 1.165) is 5.56 Å². The van der Waals surface area contributed by atoms with Gasteiger partial charge in [-0.25, -0.2) is 8.42 Å². The SMILES string of the molecule is C[C@@H]1CN(C(=O)c2ccc3c(c2)C[C@@H](C)N3S(C)(=O)=O)C[C@H]1CO. The Balaban J connectivity index is 1.86. The van der Waals surface area contributed by atoms with E-state index in [9.17, 15) is 18.3 Å². The molecule has 0 aliphatic carbocycles. The van der Waals surface area contributed by atoms with Crippen molar-refractivity contribution in [1.82, 2.24) is 4.90 Å². The lowest BCUT2D eigenvalue weighted by Crippen LogP contribution is -2.34. The fraction of sp³-hybridized carbons (Fsp3) is 0.588. The van der Waals surface area contributed by atoms with E-state index in [1.54, 1.807) is 17.0 Å². The van der Waals surface area contributed by atoms with Crippen LogP contribution in [0.4, 0.5) is 5.69 Å². The summed E-state index contributed by atoms with van der Waals surface area (Å²) in [5.74, 6) is 0.365. The highest BCUT2D eigenvalue weighted by atomic mass is 32.2. The normalized spacial score (nSPS) is 26.8. The highest BCUT2D eigenvalue weighted by Crippen LogP contribution is 2.35. The molecular weight excluding hydrogens is 328 g/mol. The van der Waals surface area contributed by atoms with Crippen molar-refractivity contribution in [3.8, 4) is 0 Å². The molecule has 3 rings (SSSR count). The second-order valence-corrected chi connectivity index (χ2v) is 8.94. The molecule has 6 nitrogen and oxygen atoms in total. The van der Waals surface area contributed by atoms with E-state index in [1.807, 2.05) is 19.9 Å². The van der Waals surface area contributed by atoms with E-state index < -0.39 is 10.0 Å². The lowest BCUT2D eigenvalue weighted by molar-refractivity contribution is 0.0780. The average molecular weight is 352 g/mol. The first-order valence-corrected chi connectivity index (χ1v) is 10.1. The van der Waals surface area contributed by atoms with Gasteiger partial charge >= 0.3 is 0 Å². The number of rotatable bonds is 3. The van der Waals surface area contributed by atoms with Gasteiger partial charge in [0.2, 0.25) is 10.0 Å². The molecule has 1 saturated heterocycles. The van der Waals surface area contributed by atoms with Crippen molar-refractivity contribution >= 4 is 21.6 Å². The molecule has 1 N–H and O–H groups in total. The van der Waals surface area contributed by atoms with Gasteiger partial charge < -0.3 is 10.0 Å². The highest BCUT2D eigenvalue weighted by molar-refractivity contribution is 7.92. The van der Waals surface area contributed by atoms with Gasteiger partial charge in [0.15, 0.2) is 0 Å². The van der Waals surface area contributed by atoms with E-state index in [1.165, 1.54) is 10.6 Å². The summed E-state index contributed by atoms with van der Waals surface area (Å²) in [7, 11) is -3.32. The molecule has 3 atom stereocenters. The number of amides is 1. The summed E-state index contributed by atoms with van der Waals surface area (Å²) < 4.78 is 25.4. The van der Waals surface area contributed by atoms with Crippen molar-refractivity contribution < 1.29 is 18.3 Å². The first kappa shape index (κ1) is 17.2. The van der Waals surface area contributed by atoms with Crippen molar-refractivity contribution in [2.24, 2.45) is 11.8 Å². The number of anilines is 1. The maximum absolute atomic E-state index is 12.7. The number of benzene rings is 1. The molecule has 2 aliphatic rings. The number of carbonyl (C=O) groups excluding carboxylic acids is 1. The molecule has 1 aromatic carbocycles. The largest absolute Gasteiger partial charge is 0.396 e. The molecular formula is C17H24N2O4S. The van der Waals surface area contributed by atoms with Crippen molar-refractivity contribution in [3.05, 3.63) is 29.3 Å². The summed E-state index contributed by atoms with van der Waals surface area (Å²) in [5.41, 5.74) is 2.15. The Morgan fingerprint density at radius 3 is 2.58 bits per heavy atom. The fourth-order valence-electron chi connectivity index (χ4n) is 3.86. The molecule has 0 aromatic heterocycles. The number of hydrogen-bond acceptors (Lipinski definition) is 4. The number of fused-ring (bicyclic) bond motifs is 1. The highest BCUT2D eigenvalue weighted by Gasteiger charge is 2.35. The Bertz CT molecular complexity index is 762. The summed E-state index contributed by atoms with van der Waals surface area (Å²) in [6.45, 7) is 5.22. The van der Waals surface area contributed by atoms with Crippen LogP contribution >= 0.6 is 0 Å². The summed E-state index contributed by atoms with van der Waals surface area (Å²) >= 11 is 0. The number of sulfonamides is 1. The molecule has 0 radical (unpaired) electrons. The van der Waals surface area contributed by atoms with Gasteiger partial charge in [-0.2, -0.15) is 0 Å². The summed E-state index contributed by atoms with van der Waals surface area (Å²) in [6, 6.07) is 5.12. The number of hydrogen-bond donors (Lipinski definition) is 1. The molecule has 2 aliphatic heterocycles. The van der Waals surface area contributed by atoms with Crippen LogP contribution < -0.4 is 4.31 Å². The van der Waals surface area contributed by atoms with E-state index in [-0.39, 0.29) is 30.4 Å².